The molecule has 1 aliphatic heterocycles. The summed E-state index contributed by atoms with van der Waals surface area (Å²) in [6.45, 7) is 3.43. The van der Waals surface area contributed by atoms with Crippen molar-refractivity contribution >= 4 is 11.4 Å². The molecule has 1 aromatic rings. The molecule has 0 aliphatic carbocycles. The van der Waals surface area contributed by atoms with E-state index in [0.717, 1.165) is 18.8 Å². The van der Waals surface area contributed by atoms with Crippen molar-refractivity contribution in [1.29, 1.82) is 0 Å². The van der Waals surface area contributed by atoms with Gasteiger partial charge >= 0.3 is 0 Å². The minimum absolute atomic E-state index is 0.191. The minimum atomic E-state index is -0.378. The van der Waals surface area contributed by atoms with E-state index in [9.17, 15) is 9.50 Å². The number of halogens is 1. The lowest BCUT2D eigenvalue weighted by molar-refractivity contribution is 0.0971. The summed E-state index contributed by atoms with van der Waals surface area (Å²) in [5.41, 5.74) is 6.65. The van der Waals surface area contributed by atoms with Crippen molar-refractivity contribution in [2.24, 2.45) is 5.92 Å². The van der Waals surface area contributed by atoms with Gasteiger partial charge in [0.25, 0.3) is 0 Å². The topological polar surface area (TPSA) is 49.5 Å². The molecule has 0 radical (unpaired) electrons. The van der Waals surface area contributed by atoms with Gasteiger partial charge in [0, 0.05) is 13.1 Å². The van der Waals surface area contributed by atoms with Gasteiger partial charge in [-0.2, -0.15) is 0 Å². The summed E-state index contributed by atoms with van der Waals surface area (Å²) in [4.78, 5) is 2.04. The molecule has 0 saturated carbocycles. The predicted molar refractivity (Wildman–Crippen MR) is 62.8 cm³/mol. The summed E-state index contributed by atoms with van der Waals surface area (Å²) in [6, 6.07) is 4.85. The van der Waals surface area contributed by atoms with Gasteiger partial charge in [-0.05, 0) is 24.5 Å². The number of aliphatic hydroxyl groups excluding tert-OH is 1. The molecule has 0 bridgehead atoms. The molecule has 3 N–H and O–H groups in total. The Balaban J connectivity index is 2.22. The maximum Gasteiger partial charge on any atom is 0.148 e. The van der Waals surface area contributed by atoms with Crippen LogP contribution in [0.3, 0.4) is 0 Å². The minimum Gasteiger partial charge on any atom is -0.395 e. The average Bonchev–Trinajstić information content (AvgIpc) is 2.26. The highest BCUT2D eigenvalue weighted by atomic mass is 19.1. The van der Waals surface area contributed by atoms with E-state index in [4.69, 9.17) is 5.73 Å². The molecule has 0 aromatic heterocycles. The van der Waals surface area contributed by atoms with E-state index in [2.05, 4.69) is 0 Å². The lowest BCUT2D eigenvalue weighted by atomic mass is 9.96. The van der Waals surface area contributed by atoms with Gasteiger partial charge < -0.3 is 15.7 Å². The number of nitrogen functional groups attached to an aromatic ring is 1. The molecule has 1 heterocycles. The van der Waals surface area contributed by atoms with Crippen LogP contribution in [0.15, 0.2) is 18.2 Å². The predicted octanol–water partition coefficient (Wildman–Crippen LogP) is 1.61. The van der Waals surface area contributed by atoms with Crippen LogP contribution in [-0.4, -0.2) is 24.3 Å². The first kappa shape index (κ1) is 11.2. The van der Waals surface area contributed by atoms with Crippen LogP contribution >= 0.6 is 0 Å². The molecule has 0 amide bonds. The Morgan fingerprint density at radius 3 is 2.94 bits per heavy atom. The normalized spacial score (nSPS) is 25.8. The van der Waals surface area contributed by atoms with Gasteiger partial charge in [0.1, 0.15) is 5.82 Å². The third-order valence-electron chi connectivity index (χ3n) is 3.23. The van der Waals surface area contributed by atoms with Crippen molar-refractivity contribution in [3.63, 3.8) is 0 Å². The van der Waals surface area contributed by atoms with Crippen LogP contribution in [0, 0.1) is 11.7 Å². The Morgan fingerprint density at radius 2 is 2.25 bits per heavy atom. The highest BCUT2D eigenvalue weighted by molar-refractivity contribution is 5.68. The largest absolute Gasteiger partial charge is 0.395 e. The van der Waals surface area contributed by atoms with Crippen molar-refractivity contribution in [2.45, 2.75) is 19.4 Å². The lowest BCUT2D eigenvalue weighted by Gasteiger charge is -2.36. The SMILES string of the molecule is CC1CN(c2cccc(F)c2N)CCC1O. The van der Waals surface area contributed by atoms with E-state index >= 15 is 0 Å². The van der Waals surface area contributed by atoms with Crippen molar-refractivity contribution in [1.82, 2.24) is 0 Å². The molecule has 1 fully saturated rings. The Kier molecular flexibility index (Phi) is 3.01. The number of nitrogens with two attached hydrogens (primary N) is 1. The number of nitrogens with zero attached hydrogens (tertiary/aromatic N) is 1. The molecule has 0 spiro atoms. The second kappa shape index (κ2) is 4.29. The molecule has 2 atom stereocenters. The number of hydrogen-bond donors (Lipinski definition) is 2. The standard InChI is InChI=1S/C12H17FN2O/c1-8-7-15(6-5-11(8)16)10-4-2-3-9(13)12(10)14/h2-4,8,11,16H,5-7,14H2,1H3. The monoisotopic (exact) mass is 224 g/mol. The maximum atomic E-state index is 13.3. The molecule has 2 unspecified atom stereocenters. The van der Waals surface area contributed by atoms with Crippen LogP contribution in [-0.2, 0) is 0 Å². The summed E-state index contributed by atoms with van der Waals surface area (Å²) in [5, 5.41) is 9.63. The first-order valence-electron chi connectivity index (χ1n) is 5.56. The Hall–Kier alpha value is -1.29. The lowest BCUT2D eigenvalue weighted by Crippen LogP contribution is -2.42. The quantitative estimate of drug-likeness (QED) is 0.713. The van der Waals surface area contributed by atoms with Crippen LogP contribution in [0.5, 0.6) is 0 Å². The number of para-hydroxylation sites is 1. The maximum absolute atomic E-state index is 13.3. The second-order valence-electron chi connectivity index (χ2n) is 4.45. The van der Waals surface area contributed by atoms with Crippen LogP contribution in [0.4, 0.5) is 15.8 Å². The van der Waals surface area contributed by atoms with E-state index < -0.39 is 0 Å². The average molecular weight is 224 g/mol. The first-order chi connectivity index (χ1) is 7.59. The second-order valence-corrected chi connectivity index (χ2v) is 4.45. The number of aliphatic hydroxyl groups is 1. The molecular weight excluding hydrogens is 207 g/mol. The number of benzene rings is 1. The van der Waals surface area contributed by atoms with Gasteiger partial charge in [-0.25, -0.2) is 4.39 Å². The molecule has 3 nitrogen and oxygen atoms in total. The molecule has 2 rings (SSSR count). The zero-order valence-corrected chi connectivity index (χ0v) is 9.36. The van der Waals surface area contributed by atoms with Crippen molar-refractivity contribution < 1.29 is 9.50 Å². The molecule has 16 heavy (non-hydrogen) atoms. The first-order valence-corrected chi connectivity index (χ1v) is 5.56. The molecule has 88 valence electrons. The van der Waals surface area contributed by atoms with Crippen molar-refractivity contribution in [3.8, 4) is 0 Å². The summed E-state index contributed by atoms with van der Waals surface area (Å²) in [5.74, 6) is -0.187. The Labute approximate surface area is 94.7 Å². The fraction of sp³-hybridized carbons (Fsp3) is 0.500. The molecule has 1 saturated heterocycles. The third kappa shape index (κ3) is 1.97. The van der Waals surface area contributed by atoms with Crippen LogP contribution in [0.25, 0.3) is 0 Å². The zero-order chi connectivity index (χ0) is 11.7. The number of hydrogen-bond acceptors (Lipinski definition) is 3. The van der Waals surface area contributed by atoms with E-state index in [0.29, 0.717) is 6.42 Å². The fourth-order valence-corrected chi connectivity index (χ4v) is 2.15. The zero-order valence-electron chi connectivity index (χ0n) is 9.36. The van der Waals surface area contributed by atoms with E-state index in [1.54, 1.807) is 6.07 Å². The van der Waals surface area contributed by atoms with Gasteiger partial charge in [0.2, 0.25) is 0 Å². The molecule has 1 aliphatic rings. The number of rotatable bonds is 1. The van der Waals surface area contributed by atoms with Gasteiger partial charge in [-0.1, -0.05) is 13.0 Å². The van der Waals surface area contributed by atoms with Gasteiger partial charge in [0.15, 0.2) is 0 Å². The van der Waals surface area contributed by atoms with Crippen molar-refractivity contribution in [3.05, 3.63) is 24.0 Å². The Bertz CT molecular complexity index is 383. The summed E-state index contributed by atoms with van der Waals surface area (Å²) < 4.78 is 13.3. The molecule has 1 aromatic carbocycles. The van der Waals surface area contributed by atoms with E-state index in [-0.39, 0.29) is 23.5 Å². The van der Waals surface area contributed by atoms with Crippen LogP contribution in [0.2, 0.25) is 0 Å². The van der Waals surface area contributed by atoms with Crippen LogP contribution < -0.4 is 10.6 Å². The van der Waals surface area contributed by atoms with Gasteiger partial charge in [-0.15, -0.1) is 0 Å². The van der Waals surface area contributed by atoms with E-state index in [1.807, 2.05) is 17.9 Å². The van der Waals surface area contributed by atoms with Crippen LogP contribution in [0.1, 0.15) is 13.3 Å². The summed E-state index contributed by atoms with van der Waals surface area (Å²) in [6.07, 6.45) is 0.447. The van der Waals surface area contributed by atoms with Gasteiger partial charge in [-0.3, -0.25) is 0 Å². The highest BCUT2D eigenvalue weighted by Crippen LogP contribution is 2.29. The summed E-state index contributed by atoms with van der Waals surface area (Å²) in [7, 11) is 0. The Morgan fingerprint density at radius 1 is 1.50 bits per heavy atom. The van der Waals surface area contributed by atoms with E-state index in [1.165, 1.54) is 6.07 Å². The fourth-order valence-electron chi connectivity index (χ4n) is 2.15. The number of anilines is 2. The smallest absolute Gasteiger partial charge is 0.148 e. The molecular formula is C12H17FN2O. The third-order valence-corrected chi connectivity index (χ3v) is 3.23. The summed E-state index contributed by atoms with van der Waals surface area (Å²) >= 11 is 0. The molecule has 4 heteroatoms. The van der Waals surface area contributed by atoms with Crippen molar-refractivity contribution in [2.75, 3.05) is 23.7 Å². The van der Waals surface area contributed by atoms with Gasteiger partial charge in [0.05, 0.1) is 17.5 Å². The number of piperidine rings is 1. The highest BCUT2D eigenvalue weighted by Gasteiger charge is 2.25.